The minimum atomic E-state index is -0.461. The monoisotopic (exact) mass is 604 g/mol. The van der Waals surface area contributed by atoms with Gasteiger partial charge in [0.15, 0.2) is 0 Å². The van der Waals surface area contributed by atoms with Gasteiger partial charge < -0.3 is 0 Å². The molecular formula is C25H20N3O2SeTe. The van der Waals surface area contributed by atoms with Crippen LogP contribution in [-0.2, 0) is 15.0 Å². The second-order valence-electron chi connectivity index (χ2n) is 8.30. The molecule has 2 aliphatic heterocycles. The van der Waals surface area contributed by atoms with E-state index in [-0.39, 0.29) is 31.4 Å². The Balaban J connectivity index is 1.70. The standard InChI is InChI=1S/C25H20N3O2SeTe/c1-25(2)18-11-7-8-12-20(18)28(15-9-5-4-6-10-15)23-19(25)14-16(31-23)13-17-21(29)26-24(32)27(3)22(17)30/h4-14H,1-3H3/b17-13+. The summed E-state index contributed by atoms with van der Waals surface area (Å²) in [6, 6.07) is 21.0. The maximum absolute atomic E-state index is 12.8. The Kier molecular flexibility index (Phi) is 5.26. The number of likely N-dealkylation sites (N-methyl/N-ethyl adjacent to an activating group) is 1. The number of amidine groups is 1. The fourth-order valence-corrected chi connectivity index (χ4v) is 7.41. The van der Waals surface area contributed by atoms with Crippen molar-refractivity contribution in [3.05, 3.63) is 81.8 Å². The van der Waals surface area contributed by atoms with Crippen molar-refractivity contribution in [3.8, 4) is 0 Å². The summed E-state index contributed by atoms with van der Waals surface area (Å²) in [6.45, 7) is 4.48. The summed E-state index contributed by atoms with van der Waals surface area (Å²) in [5.41, 5.74) is 4.72. The van der Waals surface area contributed by atoms with Gasteiger partial charge in [-0.15, -0.1) is 0 Å². The van der Waals surface area contributed by atoms with Crippen LogP contribution in [0, 0.1) is 0 Å². The zero-order valence-corrected chi connectivity index (χ0v) is 21.9. The summed E-state index contributed by atoms with van der Waals surface area (Å²) < 4.78 is 2.68. The molecule has 0 saturated heterocycles. The number of hydrogen-bond acceptors (Lipinski definition) is 3. The van der Waals surface area contributed by atoms with Gasteiger partial charge in [0.05, 0.1) is 0 Å². The van der Waals surface area contributed by atoms with Crippen LogP contribution >= 0.6 is 0 Å². The molecule has 7 heteroatoms. The van der Waals surface area contributed by atoms with Crippen LogP contribution in [0.1, 0.15) is 29.4 Å². The zero-order chi connectivity index (χ0) is 22.6. The Morgan fingerprint density at radius 2 is 1.69 bits per heavy atom. The van der Waals surface area contributed by atoms with Crippen LogP contribution in [0.15, 0.2) is 71.2 Å². The van der Waals surface area contributed by atoms with Gasteiger partial charge in [0.1, 0.15) is 0 Å². The number of carbonyl (C=O) groups is 2. The van der Waals surface area contributed by atoms with Gasteiger partial charge in [-0.1, -0.05) is 0 Å². The molecule has 5 rings (SSSR count). The fourth-order valence-electron chi connectivity index (χ4n) is 4.22. The molecule has 3 heterocycles. The van der Waals surface area contributed by atoms with Gasteiger partial charge in [0, 0.05) is 0 Å². The molecule has 3 aromatic rings. The predicted molar refractivity (Wildman–Crippen MR) is 129 cm³/mol. The molecule has 1 radical (unpaired) electrons. The third kappa shape index (κ3) is 3.32. The maximum atomic E-state index is 12.8. The predicted octanol–water partition coefficient (Wildman–Crippen LogP) is 3.76. The van der Waals surface area contributed by atoms with Crippen molar-refractivity contribution >= 4 is 74.5 Å². The Bertz CT molecular complexity index is 1320. The molecule has 32 heavy (non-hydrogen) atoms. The van der Waals surface area contributed by atoms with Crippen LogP contribution in [-0.4, -0.2) is 64.4 Å². The van der Waals surface area contributed by atoms with Crippen LogP contribution in [0.5, 0.6) is 0 Å². The molecule has 0 aliphatic carbocycles. The van der Waals surface area contributed by atoms with Crippen molar-refractivity contribution in [1.29, 1.82) is 0 Å². The van der Waals surface area contributed by atoms with Crippen molar-refractivity contribution < 1.29 is 9.59 Å². The van der Waals surface area contributed by atoms with Gasteiger partial charge in [-0.25, -0.2) is 0 Å². The number of para-hydroxylation sites is 2. The van der Waals surface area contributed by atoms with Crippen LogP contribution < -0.4 is 4.90 Å². The number of amides is 2. The molecule has 0 fully saturated rings. The second kappa shape index (κ2) is 7.86. The first-order valence-corrected chi connectivity index (χ1v) is 13.1. The van der Waals surface area contributed by atoms with Gasteiger partial charge in [0.2, 0.25) is 0 Å². The number of aliphatic imine (C=N–C) groups is 1. The molecule has 1 aromatic heterocycles. The number of rotatable bonds is 2. The molecule has 5 nitrogen and oxygen atoms in total. The van der Waals surface area contributed by atoms with Gasteiger partial charge in [-0.2, -0.15) is 0 Å². The number of hydrogen-bond donors (Lipinski definition) is 0. The van der Waals surface area contributed by atoms with E-state index in [0.717, 1.165) is 10.1 Å². The van der Waals surface area contributed by atoms with E-state index in [0.29, 0.717) is 3.88 Å². The molecule has 0 atom stereocenters. The van der Waals surface area contributed by atoms with Crippen LogP contribution in [0.2, 0.25) is 0 Å². The normalized spacial score (nSPS) is 18.5. The second-order valence-corrected chi connectivity index (χ2v) is 11.6. The number of benzene rings is 2. The molecule has 0 spiro atoms. The van der Waals surface area contributed by atoms with Gasteiger partial charge >= 0.3 is 207 Å². The molecule has 0 bridgehead atoms. The molecule has 0 N–H and O–H groups in total. The van der Waals surface area contributed by atoms with Crippen molar-refractivity contribution in [2.45, 2.75) is 19.3 Å². The van der Waals surface area contributed by atoms with Crippen LogP contribution in [0.25, 0.3) is 6.08 Å². The number of fused-ring (bicyclic) bond motifs is 2. The van der Waals surface area contributed by atoms with Crippen LogP contribution in [0.4, 0.5) is 15.9 Å². The van der Waals surface area contributed by atoms with E-state index >= 15 is 0 Å². The summed E-state index contributed by atoms with van der Waals surface area (Å²) in [5, 5.41) is 0. The Labute approximate surface area is 206 Å². The third-order valence-corrected chi connectivity index (χ3v) is 9.26. The van der Waals surface area contributed by atoms with Gasteiger partial charge in [-0.3, -0.25) is 0 Å². The average molecular weight is 601 g/mol. The van der Waals surface area contributed by atoms with Gasteiger partial charge in [0.25, 0.3) is 0 Å². The SMILES string of the molecule is CN1C(=O)/C(=C/c2cc3c([se]2)N(c2ccccc2)c2ccccc2C3(C)C)C(=O)N=C1[Te]. The quantitative estimate of drug-likeness (QED) is 0.256. The molecule has 2 aromatic carbocycles. The van der Waals surface area contributed by atoms with E-state index in [4.69, 9.17) is 0 Å². The van der Waals surface area contributed by atoms with Crippen LogP contribution in [0.3, 0.4) is 0 Å². The first-order chi connectivity index (χ1) is 15.3. The summed E-state index contributed by atoms with van der Waals surface area (Å²) in [7, 11) is 1.65. The number of nitrogens with zero attached hydrogens (tertiary/aromatic N) is 3. The molecule has 2 aliphatic rings. The van der Waals surface area contributed by atoms with Crippen molar-refractivity contribution in [2.75, 3.05) is 11.9 Å². The topological polar surface area (TPSA) is 53.0 Å². The van der Waals surface area contributed by atoms with Crippen molar-refractivity contribution in [1.82, 2.24) is 4.90 Å². The third-order valence-electron chi connectivity index (χ3n) is 5.98. The van der Waals surface area contributed by atoms with Crippen molar-refractivity contribution in [3.63, 3.8) is 0 Å². The Morgan fingerprint density at radius 1 is 1.00 bits per heavy atom. The first kappa shape index (κ1) is 21.4. The molecule has 2 amide bonds. The molecule has 0 saturated carbocycles. The zero-order valence-electron chi connectivity index (χ0n) is 17.8. The summed E-state index contributed by atoms with van der Waals surface area (Å²) in [4.78, 5) is 33.1. The van der Waals surface area contributed by atoms with E-state index in [2.05, 4.69) is 66.2 Å². The molecule has 159 valence electrons. The number of carbonyl (C=O) groups excluding carboxylic acids is 2. The van der Waals surface area contributed by atoms with E-state index < -0.39 is 5.91 Å². The van der Waals surface area contributed by atoms with E-state index in [1.807, 2.05) is 18.2 Å². The minimum absolute atomic E-state index is 0.0705. The molecule has 0 unspecified atom stereocenters. The summed E-state index contributed by atoms with van der Waals surface area (Å²) in [5.74, 6) is -0.758. The average Bonchev–Trinajstić information content (AvgIpc) is 3.21. The van der Waals surface area contributed by atoms with E-state index in [1.165, 1.54) is 26.3 Å². The molecular weight excluding hydrogens is 581 g/mol. The fraction of sp³-hybridized carbons (Fsp3) is 0.160. The summed E-state index contributed by atoms with van der Waals surface area (Å²) in [6.07, 6.45) is 1.75. The Hall–Kier alpha value is -2.42. The van der Waals surface area contributed by atoms with E-state index in [9.17, 15) is 9.59 Å². The number of anilines is 3. The van der Waals surface area contributed by atoms with Crippen molar-refractivity contribution in [2.24, 2.45) is 4.99 Å². The van der Waals surface area contributed by atoms with Gasteiger partial charge in [-0.05, 0) is 0 Å². The van der Waals surface area contributed by atoms with E-state index in [1.54, 1.807) is 35.4 Å². The summed E-state index contributed by atoms with van der Waals surface area (Å²) >= 11 is 1.52. The first-order valence-electron chi connectivity index (χ1n) is 10.2. The Morgan fingerprint density at radius 3 is 2.44 bits per heavy atom.